The van der Waals surface area contributed by atoms with Gasteiger partial charge >= 0.3 is 0 Å². The van der Waals surface area contributed by atoms with Gasteiger partial charge in [0.05, 0.1) is 20.1 Å². The van der Waals surface area contributed by atoms with Crippen LogP contribution in [0.25, 0.3) is 0 Å². The second-order valence-electron chi connectivity index (χ2n) is 8.23. The lowest BCUT2D eigenvalue weighted by Crippen LogP contribution is -2.39. The second kappa shape index (κ2) is 8.99. The molecule has 1 heterocycles. The van der Waals surface area contributed by atoms with Crippen molar-refractivity contribution in [1.82, 2.24) is 0 Å². The Morgan fingerprint density at radius 3 is 2.53 bits per heavy atom. The number of anilines is 1. The van der Waals surface area contributed by atoms with Crippen molar-refractivity contribution in [1.29, 1.82) is 0 Å². The largest absolute Gasteiger partial charge is 0.493 e. The fourth-order valence-electron chi connectivity index (χ4n) is 4.76. The van der Waals surface area contributed by atoms with E-state index in [1.807, 2.05) is 56.3 Å². The molecule has 1 N–H and O–H groups in total. The molecule has 0 bridgehead atoms. The molecule has 2 aliphatic rings. The van der Waals surface area contributed by atoms with E-state index in [-0.39, 0.29) is 11.7 Å². The van der Waals surface area contributed by atoms with Gasteiger partial charge in [-0.05, 0) is 44.4 Å². The highest BCUT2D eigenvalue weighted by molar-refractivity contribution is 6.13. The summed E-state index contributed by atoms with van der Waals surface area (Å²) in [7, 11) is 3.15. The van der Waals surface area contributed by atoms with E-state index >= 15 is 0 Å². The van der Waals surface area contributed by atoms with Crippen molar-refractivity contribution in [2.24, 2.45) is 10.9 Å². The number of allylic oxidation sites excluding steroid dienone is 2. The molecular formula is C26H28N2O4. The highest BCUT2D eigenvalue weighted by Crippen LogP contribution is 2.48. The summed E-state index contributed by atoms with van der Waals surface area (Å²) in [6, 6.07) is 13.2. The molecule has 4 rings (SSSR count). The molecule has 2 atom stereocenters. The summed E-state index contributed by atoms with van der Waals surface area (Å²) in [5.41, 5.74) is 4.58. The quantitative estimate of drug-likeness (QED) is 0.734. The van der Waals surface area contributed by atoms with Gasteiger partial charge in [0.2, 0.25) is 5.91 Å². The number of hydrogen-bond donors (Lipinski definition) is 1. The number of amides is 1. The van der Waals surface area contributed by atoms with Crippen LogP contribution in [0, 0.1) is 12.8 Å². The number of ketones is 1. The zero-order chi connectivity index (χ0) is 22.8. The Balaban J connectivity index is 1.86. The molecule has 6 nitrogen and oxygen atoms in total. The Morgan fingerprint density at radius 2 is 1.81 bits per heavy atom. The van der Waals surface area contributed by atoms with Gasteiger partial charge in [0.15, 0.2) is 17.3 Å². The van der Waals surface area contributed by atoms with Crippen LogP contribution < -0.4 is 14.8 Å². The first-order valence-electron chi connectivity index (χ1n) is 10.8. The van der Waals surface area contributed by atoms with Crippen LogP contribution in [0.3, 0.4) is 0 Å². The SMILES string of the molecule is COc1cccc([C@H]2C3=C(CCCC3=O)N=C(C)C2C(=O)Nc2ccccc2C)c1OC. The maximum absolute atomic E-state index is 13.7. The van der Waals surface area contributed by atoms with Crippen LogP contribution in [-0.2, 0) is 9.59 Å². The number of carbonyl (C=O) groups excluding carboxylic acids is 2. The lowest BCUT2D eigenvalue weighted by Gasteiger charge is -2.35. The molecule has 1 unspecified atom stereocenters. The molecular weight excluding hydrogens is 404 g/mol. The summed E-state index contributed by atoms with van der Waals surface area (Å²) in [5.74, 6) is -0.186. The number of carbonyl (C=O) groups is 2. The van der Waals surface area contributed by atoms with Gasteiger partial charge in [-0.2, -0.15) is 0 Å². The number of nitrogens with one attached hydrogen (secondary N) is 1. The Labute approximate surface area is 188 Å². The first-order valence-corrected chi connectivity index (χ1v) is 10.8. The zero-order valence-corrected chi connectivity index (χ0v) is 18.9. The molecule has 0 saturated carbocycles. The van der Waals surface area contributed by atoms with Gasteiger partial charge in [-0.1, -0.05) is 30.3 Å². The van der Waals surface area contributed by atoms with Gasteiger partial charge in [0.1, 0.15) is 0 Å². The normalized spacial score (nSPS) is 20.4. The van der Waals surface area contributed by atoms with Crippen LogP contribution in [0.4, 0.5) is 5.69 Å². The molecule has 32 heavy (non-hydrogen) atoms. The van der Waals surface area contributed by atoms with Crippen LogP contribution in [0.1, 0.15) is 43.2 Å². The van der Waals surface area contributed by atoms with E-state index in [1.165, 1.54) is 0 Å². The van der Waals surface area contributed by atoms with Crippen molar-refractivity contribution < 1.29 is 19.1 Å². The fourth-order valence-corrected chi connectivity index (χ4v) is 4.76. The molecule has 166 valence electrons. The van der Waals surface area contributed by atoms with E-state index in [1.54, 1.807) is 14.2 Å². The van der Waals surface area contributed by atoms with Crippen LogP contribution in [0.2, 0.25) is 0 Å². The van der Waals surface area contributed by atoms with Crippen LogP contribution in [0.15, 0.2) is 58.7 Å². The molecule has 0 aromatic heterocycles. The van der Waals surface area contributed by atoms with Gasteiger partial charge in [-0.25, -0.2) is 0 Å². The van der Waals surface area contributed by atoms with Crippen molar-refractivity contribution in [3.8, 4) is 11.5 Å². The monoisotopic (exact) mass is 432 g/mol. The van der Waals surface area contributed by atoms with E-state index in [4.69, 9.17) is 14.5 Å². The van der Waals surface area contributed by atoms with Crippen molar-refractivity contribution in [2.45, 2.75) is 39.0 Å². The number of ether oxygens (including phenoxy) is 2. The van der Waals surface area contributed by atoms with Crippen LogP contribution in [0.5, 0.6) is 11.5 Å². The Bertz CT molecular complexity index is 1130. The number of nitrogens with zero attached hydrogens (tertiary/aromatic N) is 1. The number of para-hydroxylation sites is 2. The van der Waals surface area contributed by atoms with E-state index in [9.17, 15) is 9.59 Å². The summed E-state index contributed by atoms with van der Waals surface area (Å²) in [6.07, 6.45) is 1.96. The molecule has 0 fully saturated rings. The topological polar surface area (TPSA) is 77.0 Å². The van der Waals surface area contributed by atoms with E-state index < -0.39 is 11.8 Å². The summed E-state index contributed by atoms with van der Waals surface area (Å²) in [6.45, 7) is 3.82. The molecule has 2 aromatic carbocycles. The van der Waals surface area contributed by atoms with Crippen molar-refractivity contribution in [2.75, 3.05) is 19.5 Å². The Kier molecular flexibility index (Phi) is 6.12. The Morgan fingerprint density at radius 1 is 1.03 bits per heavy atom. The summed E-state index contributed by atoms with van der Waals surface area (Å²) >= 11 is 0. The minimum Gasteiger partial charge on any atom is -0.493 e. The minimum atomic E-state index is -0.642. The first kappa shape index (κ1) is 21.8. The minimum absolute atomic E-state index is 0.0473. The van der Waals surface area contributed by atoms with Crippen molar-refractivity contribution in [3.05, 3.63) is 64.9 Å². The smallest absolute Gasteiger partial charge is 0.234 e. The first-order chi connectivity index (χ1) is 15.5. The Hall–Kier alpha value is -3.41. The molecule has 2 aromatic rings. The summed E-state index contributed by atoms with van der Waals surface area (Å²) in [4.78, 5) is 31.5. The average Bonchev–Trinajstić information content (AvgIpc) is 2.79. The predicted molar refractivity (Wildman–Crippen MR) is 125 cm³/mol. The third-order valence-corrected chi connectivity index (χ3v) is 6.29. The van der Waals surface area contributed by atoms with Crippen molar-refractivity contribution >= 4 is 23.1 Å². The molecule has 0 spiro atoms. The van der Waals surface area contributed by atoms with E-state index in [0.29, 0.717) is 29.2 Å². The van der Waals surface area contributed by atoms with Gasteiger partial charge in [0.25, 0.3) is 0 Å². The standard InChI is InChI=1S/C26H28N2O4/c1-15-9-5-6-11-18(15)28-26(30)22-16(2)27-19-12-8-13-20(29)24(19)23(22)17-10-7-14-21(31-3)25(17)32-4/h5-7,9-11,14,22-23H,8,12-13H2,1-4H3,(H,28,30)/t22?,23-/m1/s1. The lowest BCUT2D eigenvalue weighted by atomic mass is 9.71. The van der Waals surface area contributed by atoms with Gasteiger partial charge < -0.3 is 14.8 Å². The van der Waals surface area contributed by atoms with Gasteiger partial charge in [0, 0.05) is 40.6 Å². The lowest BCUT2D eigenvalue weighted by molar-refractivity contribution is -0.119. The van der Waals surface area contributed by atoms with Crippen molar-refractivity contribution in [3.63, 3.8) is 0 Å². The number of methoxy groups -OCH3 is 2. The second-order valence-corrected chi connectivity index (χ2v) is 8.23. The van der Waals surface area contributed by atoms with Gasteiger partial charge in [-0.3, -0.25) is 14.6 Å². The maximum Gasteiger partial charge on any atom is 0.234 e. The molecule has 0 radical (unpaired) electrons. The van der Waals surface area contributed by atoms with Gasteiger partial charge in [-0.15, -0.1) is 0 Å². The van der Waals surface area contributed by atoms with Crippen LogP contribution >= 0.6 is 0 Å². The summed E-state index contributed by atoms with van der Waals surface area (Å²) in [5, 5.41) is 3.06. The number of rotatable bonds is 5. The number of benzene rings is 2. The van der Waals surface area contributed by atoms with E-state index in [0.717, 1.165) is 35.4 Å². The number of aliphatic imine (C=N–C) groups is 1. The van der Waals surface area contributed by atoms with E-state index in [2.05, 4.69) is 5.32 Å². The molecule has 1 aliphatic heterocycles. The number of hydrogen-bond acceptors (Lipinski definition) is 5. The molecule has 1 amide bonds. The predicted octanol–water partition coefficient (Wildman–Crippen LogP) is 4.83. The number of Topliss-reactive ketones (excluding diaryl/α,β-unsaturated/α-hetero) is 1. The third-order valence-electron chi connectivity index (χ3n) is 6.29. The summed E-state index contributed by atoms with van der Waals surface area (Å²) < 4.78 is 11.2. The molecule has 6 heteroatoms. The maximum atomic E-state index is 13.7. The fraction of sp³-hybridized carbons (Fsp3) is 0.346. The number of aryl methyl sites for hydroxylation is 1. The molecule has 0 saturated heterocycles. The molecule has 1 aliphatic carbocycles. The average molecular weight is 433 g/mol. The zero-order valence-electron chi connectivity index (χ0n) is 18.9. The highest BCUT2D eigenvalue weighted by atomic mass is 16.5. The van der Waals surface area contributed by atoms with Crippen LogP contribution in [-0.4, -0.2) is 31.6 Å². The third kappa shape index (κ3) is 3.81. The highest BCUT2D eigenvalue weighted by Gasteiger charge is 2.43.